The molecule has 1 N–H and O–H groups in total. The van der Waals surface area contributed by atoms with E-state index in [1.807, 2.05) is 25.9 Å². The minimum absolute atomic E-state index is 0.0239. The van der Waals surface area contributed by atoms with E-state index < -0.39 is 17.7 Å². The smallest absolute Gasteiger partial charge is 0.295 e. The number of Topliss-reactive ketones (excluding diaryl/α,β-unsaturated/α-hetero) is 1. The number of ketones is 1. The van der Waals surface area contributed by atoms with Crippen LogP contribution in [0.4, 0.5) is 0 Å². The Morgan fingerprint density at radius 2 is 1.84 bits per heavy atom. The number of amides is 1. The van der Waals surface area contributed by atoms with E-state index in [0.29, 0.717) is 66.9 Å². The lowest BCUT2D eigenvalue weighted by Crippen LogP contribution is -2.32. The van der Waals surface area contributed by atoms with Crippen molar-refractivity contribution in [2.75, 3.05) is 54.1 Å². The number of aliphatic hydroxyl groups is 1. The zero-order valence-electron chi connectivity index (χ0n) is 21.8. The lowest BCUT2D eigenvalue weighted by atomic mass is 9.94. The second-order valence-electron chi connectivity index (χ2n) is 9.27. The van der Waals surface area contributed by atoms with Gasteiger partial charge in [-0.05, 0) is 69.4 Å². The van der Waals surface area contributed by atoms with Gasteiger partial charge < -0.3 is 33.9 Å². The first-order chi connectivity index (χ1) is 17.8. The highest BCUT2D eigenvalue weighted by atomic mass is 16.6. The Morgan fingerprint density at radius 1 is 1.08 bits per heavy atom. The first kappa shape index (κ1) is 26.3. The standard InChI is InChI=1S/C28H34N2O7/c1-5-13-35-20-9-7-18(16-22(20)34-4)25-24(27(32)28(33)30(25)12-6-11-29(2)3)26(31)19-8-10-21-23(17-19)37-15-14-36-21/h7-10,16-17,25,31H,5-6,11-15H2,1-4H3/t25-/m1/s1. The first-order valence-corrected chi connectivity index (χ1v) is 12.5. The lowest BCUT2D eigenvalue weighted by Gasteiger charge is -2.26. The van der Waals surface area contributed by atoms with Crippen LogP contribution in [0.25, 0.3) is 5.76 Å². The maximum atomic E-state index is 13.3. The summed E-state index contributed by atoms with van der Waals surface area (Å²) in [7, 11) is 5.45. The molecule has 1 amide bonds. The topological polar surface area (TPSA) is 97.8 Å². The minimum Gasteiger partial charge on any atom is -0.507 e. The molecule has 1 saturated heterocycles. The molecule has 1 atom stereocenters. The van der Waals surface area contributed by atoms with Crippen molar-refractivity contribution in [1.29, 1.82) is 0 Å². The van der Waals surface area contributed by atoms with E-state index in [1.165, 1.54) is 4.90 Å². The van der Waals surface area contributed by atoms with Crippen molar-refractivity contribution >= 4 is 17.4 Å². The van der Waals surface area contributed by atoms with E-state index in [0.717, 1.165) is 13.0 Å². The highest BCUT2D eigenvalue weighted by molar-refractivity contribution is 6.46. The quantitative estimate of drug-likeness (QED) is 0.294. The molecule has 2 aliphatic rings. The van der Waals surface area contributed by atoms with Crippen LogP contribution in [-0.2, 0) is 9.59 Å². The number of rotatable bonds is 10. The molecule has 9 nitrogen and oxygen atoms in total. The molecule has 2 aromatic rings. The van der Waals surface area contributed by atoms with Crippen LogP contribution in [-0.4, -0.2) is 80.7 Å². The van der Waals surface area contributed by atoms with Crippen LogP contribution in [0.2, 0.25) is 0 Å². The number of likely N-dealkylation sites (tertiary alicyclic amines) is 1. The summed E-state index contributed by atoms with van der Waals surface area (Å²) in [6, 6.07) is 9.52. The number of aliphatic hydroxyl groups excluding tert-OH is 1. The van der Waals surface area contributed by atoms with Crippen molar-refractivity contribution in [3.8, 4) is 23.0 Å². The maximum absolute atomic E-state index is 13.3. The van der Waals surface area contributed by atoms with Gasteiger partial charge in [0.2, 0.25) is 0 Å². The second kappa shape index (κ2) is 11.6. The number of nitrogens with zero attached hydrogens (tertiary/aromatic N) is 2. The van der Waals surface area contributed by atoms with Gasteiger partial charge >= 0.3 is 0 Å². The fourth-order valence-electron chi connectivity index (χ4n) is 4.55. The zero-order chi connectivity index (χ0) is 26.5. The number of fused-ring (bicyclic) bond motifs is 1. The van der Waals surface area contributed by atoms with Crippen molar-refractivity contribution < 1.29 is 33.6 Å². The fourth-order valence-corrected chi connectivity index (χ4v) is 4.55. The van der Waals surface area contributed by atoms with Crippen molar-refractivity contribution in [3.63, 3.8) is 0 Å². The Hall–Kier alpha value is -3.72. The normalized spacial score (nSPS) is 18.4. The summed E-state index contributed by atoms with van der Waals surface area (Å²) < 4.78 is 22.6. The Bertz CT molecular complexity index is 1190. The Kier molecular flexibility index (Phi) is 8.23. The van der Waals surface area contributed by atoms with Gasteiger partial charge in [0.25, 0.3) is 11.7 Å². The third-order valence-electron chi connectivity index (χ3n) is 6.33. The van der Waals surface area contributed by atoms with Crippen LogP contribution >= 0.6 is 0 Å². The van der Waals surface area contributed by atoms with Crippen molar-refractivity contribution in [2.24, 2.45) is 0 Å². The maximum Gasteiger partial charge on any atom is 0.295 e. The highest BCUT2D eigenvalue weighted by Gasteiger charge is 2.46. The van der Waals surface area contributed by atoms with Crippen molar-refractivity contribution in [1.82, 2.24) is 9.80 Å². The summed E-state index contributed by atoms with van der Waals surface area (Å²) in [6.45, 7) is 4.46. The van der Waals surface area contributed by atoms with E-state index in [-0.39, 0.29) is 11.3 Å². The van der Waals surface area contributed by atoms with Gasteiger partial charge in [-0.25, -0.2) is 0 Å². The van der Waals surface area contributed by atoms with Crippen molar-refractivity contribution in [3.05, 3.63) is 53.1 Å². The molecule has 9 heteroatoms. The molecule has 37 heavy (non-hydrogen) atoms. The van der Waals surface area contributed by atoms with Crippen LogP contribution in [0, 0.1) is 0 Å². The monoisotopic (exact) mass is 510 g/mol. The summed E-state index contributed by atoms with van der Waals surface area (Å²) in [5.41, 5.74) is 1.04. The molecule has 0 aliphatic carbocycles. The molecule has 2 aliphatic heterocycles. The Balaban J connectivity index is 1.80. The number of methoxy groups -OCH3 is 1. The van der Waals surface area contributed by atoms with Gasteiger partial charge in [0.05, 0.1) is 25.3 Å². The van der Waals surface area contributed by atoms with Gasteiger partial charge in [0, 0.05) is 12.1 Å². The van der Waals surface area contributed by atoms with Crippen LogP contribution < -0.4 is 18.9 Å². The van der Waals surface area contributed by atoms with Gasteiger partial charge in [-0.2, -0.15) is 0 Å². The number of ether oxygens (including phenoxy) is 4. The van der Waals surface area contributed by atoms with Crippen LogP contribution in [0.15, 0.2) is 42.0 Å². The number of carbonyl (C=O) groups is 2. The number of carbonyl (C=O) groups excluding carboxylic acids is 2. The molecule has 2 aromatic carbocycles. The predicted octanol–water partition coefficient (Wildman–Crippen LogP) is 3.63. The largest absolute Gasteiger partial charge is 0.507 e. The molecule has 0 spiro atoms. The molecule has 0 saturated carbocycles. The van der Waals surface area contributed by atoms with Crippen LogP contribution in [0.5, 0.6) is 23.0 Å². The summed E-state index contributed by atoms with van der Waals surface area (Å²) >= 11 is 0. The van der Waals surface area contributed by atoms with E-state index in [4.69, 9.17) is 18.9 Å². The van der Waals surface area contributed by atoms with Gasteiger partial charge in [0.1, 0.15) is 19.0 Å². The number of benzene rings is 2. The average molecular weight is 511 g/mol. The molecule has 0 unspecified atom stereocenters. The third-order valence-corrected chi connectivity index (χ3v) is 6.33. The average Bonchev–Trinajstić information content (AvgIpc) is 3.16. The fraction of sp³-hybridized carbons (Fsp3) is 0.429. The van der Waals surface area contributed by atoms with E-state index in [1.54, 1.807) is 43.5 Å². The van der Waals surface area contributed by atoms with Crippen molar-refractivity contribution in [2.45, 2.75) is 25.8 Å². The summed E-state index contributed by atoms with van der Waals surface area (Å²) in [4.78, 5) is 30.1. The predicted molar refractivity (Wildman–Crippen MR) is 138 cm³/mol. The third kappa shape index (κ3) is 5.51. The van der Waals surface area contributed by atoms with Gasteiger partial charge in [-0.3, -0.25) is 9.59 Å². The SMILES string of the molecule is CCCOc1ccc([C@@H]2C(=C(O)c3ccc4c(c3)OCCO4)C(=O)C(=O)N2CCCN(C)C)cc1OC. The molecule has 2 heterocycles. The minimum atomic E-state index is -0.788. The van der Waals surface area contributed by atoms with E-state index >= 15 is 0 Å². The summed E-state index contributed by atoms with van der Waals surface area (Å²) in [5, 5.41) is 11.4. The molecule has 0 aromatic heterocycles. The zero-order valence-corrected chi connectivity index (χ0v) is 21.8. The summed E-state index contributed by atoms with van der Waals surface area (Å²) in [6.07, 6.45) is 1.50. The molecule has 198 valence electrons. The van der Waals surface area contributed by atoms with Gasteiger partial charge in [0.15, 0.2) is 23.0 Å². The Morgan fingerprint density at radius 3 is 2.54 bits per heavy atom. The first-order valence-electron chi connectivity index (χ1n) is 12.5. The molecule has 0 radical (unpaired) electrons. The summed E-state index contributed by atoms with van der Waals surface area (Å²) in [5.74, 6) is 0.469. The molecule has 4 rings (SSSR count). The number of hydrogen-bond acceptors (Lipinski definition) is 8. The lowest BCUT2D eigenvalue weighted by molar-refractivity contribution is -0.139. The van der Waals surface area contributed by atoms with Gasteiger partial charge in [-0.15, -0.1) is 0 Å². The van der Waals surface area contributed by atoms with E-state index in [2.05, 4.69) is 0 Å². The molecular formula is C28H34N2O7. The second-order valence-corrected chi connectivity index (χ2v) is 9.27. The van der Waals surface area contributed by atoms with Gasteiger partial charge in [-0.1, -0.05) is 13.0 Å². The highest BCUT2D eigenvalue weighted by Crippen LogP contribution is 2.43. The molecular weight excluding hydrogens is 476 g/mol. The van der Waals surface area contributed by atoms with Crippen LogP contribution in [0.1, 0.15) is 36.9 Å². The Labute approximate surface area is 217 Å². The van der Waals surface area contributed by atoms with E-state index in [9.17, 15) is 14.7 Å². The number of hydrogen-bond donors (Lipinski definition) is 1. The molecule has 1 fully saturated rings. The molecule has 0 bridgehead atoms. The van der Waals surface area contributed by atoms with Crippen LogP contribution in [0.3, 0.4) is 0 Å².